The average Bonchev–Trinajstić information content (AvgIpc) is 2.55. The van der Waals surface area contributed by atoms with Gasteiger partial charge in [0.05, 0.1) is 11.1 Å². The van der Waals surface area contributed by atoms with Crippen LogP contribution in [0, 0.1) is 0 Å². The minimum atomic E-state index is -1.17. The number of rotatable bonds is 12. The van der Waals surface area contributed by atoms with Crippen LogP contribution in [0.4, 0.5) is 0 Å². The summed E-state index contributed by atoms with van der Waals surface area (Å²) in [7, 11) is 0. The average molecular weight is 334 g/mol. The van der Waals surface area contributed by atoms with Crippen molar-refractivity contribution in [3.05, 3.63) is 34.4 Å². The SMILES string of the molecule is CCCCCCCCc1ccc(C(=O)O)c(C(=O)O)c1CCCC. The Morgan fingerprint density at radius 1 is 0.792 bits per heavy atom. The van der Waals surface area contributed by atoms with Gasteiger partial charge in [-0.05, 0) is 42.9 Å². The number of hydrogen-bond acceptors (Lipinski definition) is 2. The molecule has 0 atom stereocenters. The van der Waals surface area contributed by atoms with Crippen molar-refractivity contribution in [2.45, 2.75) is 78.1 Å². The third kappa shape index (κ3) is 5.99. The Labute approximate surface area is 144 Å². The largest absolute Gasteiger partial charge is 0.478 e. The van der Waals surface area contributed by atoms with E-state index in [-0.39, 0.29) is 11.1 Å². The van der Waals surface area contributed by atoms with Gasteiger partial charge < -0.3 is 10.2 Å². The first-order valence-electron chi connectivity index (χ1n) is 9.14. The molecule has 0 radical (unpaired) electrons. The highest BCUT2D eigenvalue weighted by Gasteiger charge is 2.22. The molecule has 1 rings (SSSR count). The number of carboxylic acid groups (broad SMARTS) is 2. The standard InChI is InChI=1S/C20H30O4/c1-3-5-7-8-9-10-11-15-13-14-17(19(21)22)18(20(23)24)16(15)12-6-4-2/h13-14H,3-12H2,1-2H3,(H,21,22)(H,23,24). The van der Waals surface area contributed by atoms with Crippen molar-refractivity contribution in [3.63, 3.8) is 0 Å². The van der Waals surface area contributed by atoms with Crippen LogP contribution in [-0.4, -0.2) is 22.2 Å². The lowest BCUT2D eigenvalue weighted by Crippen LogP contribution is -2.14. The van der Waals surface area contributed by atoms with Crippen molar-refractivity contribution in [1.82, 2.24) is 0 Å². The molecule has 0 heterocycles. The van der Waals surface area contributed by atoms with Crippen LogP contribution in [-0.2, 0) is 12.8 Å². The summed E-state index contributed by atoms with van der Waals surface area (Å²) in [5, 5.41) is 18.8. The Kier molecular flexibility index (Phi) is 9.13. The van der Waals surface area contributed by atoms with Crippen LogP contribution in [0.5, 0.6) is 0 Å². The number of aryl methyl sites for hydroxylation is 1. The van der Waals surface area contributed by atoms with Gasteiger partial charge in [-0.25, -0.2) is 9.59 Å². The molecule has 0 aromatic heterocycles. The van der Waals surface area contributed by atoms with E-state index < -0.39 is 11.9 Å². The van der Waals surface area contributed by atoms with Gasteiger partial charge in [-0.3, -0.25) is 0 Å². The van der Waals surface area contributed by atoms with Gasteiger partial charge in [0.25, 0.3) is 0 Å². The maximum atomic E-state index is 11.6. The fourth-order valence-electron chi connectivity index (χ4n) is 3.08. The molecule has 0 aliphatic carbocycles. The number of unbranched alkanes of at least 4 members (excludes halogenated alkanes) is 6. The van der Waals surface area contributed by atoms with Crippen molar-refractivity contribution in [3.8, 4) is 0 Å². The molecule has 1 aromatic carbocycles. The summed E-state index contributed by atoms with van der Waals surface area (Å²) in [6.45, 7) is 4.24. The van der Waals surface area contributed by atoms with Gasteiger partial charge in [-0.1, -0.05) is 58.4 Å². The van der Waals surface area contributed by atoms with Gasteiger partial charge in [0.15, 0.2) is 0 Å². The molecule has 24 heavy (non-hydrogen) atoms. The highest BCUT2D eigenvalue weighted by Crippen LogP contribution is 2.24. The minimum Gasteiger partial charge on any atom is -0.478 e. The zero-order valence-electron chi connectivity index (χ0n) is 14.9. The fourth-order valence-corrected chi connectivity index (χ4v) is 3.08. The summed E-state index contributed by atoms with van der Waals surface area (Å²) in [5.41, 5.74) is 1.61. The monoisotopic (exact) mass is 334 g/mol. The van der Waals surface area contributed by atoms with Crippen LogP contribution in [0.15, 0.2) is 12.1 Å². The third-order valence-electron chi connectivity index (χ3n) is 4.43. The lowest BCUT2D eigenvalue weighted by atomic mass is 9.89. The van der Waals surface area contributed by atoms with E-state index in [1.165, 1.54) is 31.7 Å². The maximum Gasteiger partial charge on any atom is 0.336 e. The predicted molar refractivity (Wildman–Crippen MR) is 96.1 cm³/mol. The molecule has 0 saturated heterocycles. The van der Waals surface area contributed by atoms with E-state index in [1.807, 2.05) is 6.07 Å². The molecule has 0 unspecified atom stereocenters. The van der Waals surface area contributed by atoms with Crippen LogP contribution in [0.2, 0.25) is 0 Å². The van der Waals surface area contributed by atoms with Crippen molar-refractivity contribution >= 4 is 11.9 Å². The van der Waals surface area contributed by atoms with Gasteiger partial charge >= 0.3 is 11.9 Å². The number of aromatic carboxylic acids is 2. The Hall–Kier alpha value is -1.84. The summed E-state index contributed by atoms with van der Waals surface area (Å²) < 4.78 is 0. The van der Waals surface area contributed by atoms with Crippen LogP contribution in [0.25, 0.3) is 0 Å². The summed E-state index contributed by atoms with van der Waals surface area (Å²) >= 11 is 0. The molecule has 0 amide bonds. The first-order chi connectivity index (χ1) is 11.5. The van der Waals surface area contributed by atoms with Gasteiger partial charge in [0.2, 0.25) is 0 Å². The zero-order valence-corrected chi connectivity index (χ0v) is 14.9. The Balaban J connectivity index is 2.95. The fraction of sp³-hybridized carbons (Fsp3) is 0.600. The lowest BCUT2D eigenvalue weighted by Gasteiger charge is -2.15. The van der Waals surface area contributed by atoms with E-state index >= 15 is 0 Å². The molecular formula is C20H30O4. The molecule has 2 N–H and O–H groups in total. The summed E-state index contributed by atoms with van der Waals surface area (Å²) in [4.78, 5) is 23.0. The van der Waals surface area contributed by atoms with E-state index in [0.717, 1.165) is 43.2 Å². The second-order valence-corrected chi connectivity index (χ2v) is 6.36. The summed E-state index contributed by atoms with van der Waals surface area (Å²) in [6.07, 6.45) is 10.4. The molecular weight excluding hydrogens is 304 g/mol. The molecule has 0 fully saturated rings. The first kappa shape index (κ1) is 20.2. The Morgan fingerprint density at radius 2 is 1.42 bits per heavy atom. The van der Waals surface area contributed by atoms with E-state index in [0.29, 0.717) is 6.42 Å². The summed E-state index contributed by atoms with van der Waals surface area (Å²) in [5.74, 6) is -2.31. The third-order valence-corrected chi connectivity index (χ3v) is 4.43. The number of carboxylic acids is 2. The van der Waals surface area contributed by atoms with Crippen LogP contribution in [0.3, 0.4) is 0 Å². The van der Waals surface area contributed by atoms with Crippen LogP contribution < -0.4 is 0 Å². The molecule has 0 aliphatic rings. The second-order valence-electron chi connectivity index (χ2n) is 6.36. The highest BCUT2D eigenvalue weighted by molar-refractivity contribution is 6.03. The first-order valence-corrected chi connectivity index (χ1v) is 9.14. The van der Waals surface area contributed by atoms with E-state index in [2.05, 4.69) is 13.8 Å². The molecule has 4 nitrogen and oxygen atoms in total. The number of hydrogen-bond donors (Lipinski definition) is 2. The molecule has 134 valence electrons. The van der Waals surface area contributed by atoms with Crippen molar-refractivity contribution in [1.29, 1.82) is 0 Å². The molecule has 1 aromatic rings. The van der Waals surface area contributed by atoms with Gasteiger partial charge in [-0.2, -0.15) is 0 Å². The molecule has 0 spiro atoms. The zero-order chi connectivity index (χ0) is 17.9. The molecule has 4 heteroatoms. The smallest absolute Gasteiger partial charge is 0.336 e. The molecule has 0 aliphatic heterocycles. The van der Waals surface area contributed by atoms with Crippen molar-refractivity contribution in [2.24, 2.45) is 0 Å². The quantitative estimate of drug-likeness (QED) is 0.507. The molecule has 0 bridgehead atoms. The molecule has 0 saturated carbocycles. The van der Waals surface area contributed by atoms with E-state index in [1.54, 1.807) is 0 Å². The predicted octanol–water partition coefficient (Wildman–Crippen LogP) is 5.33. The van der Waals surface area contributed by atoms with Crippen LogP contribution in [0.1, 0.15) is 97.1 Å². The highest BCUT2D eigenvalue weighted by atomic mass is 16.4. The maximum absolute atomic E-state index is 11.6. The number of benzene rings is 1. The van der Waals surface area contributed by atoms with Gasteiger partial charge in [0.1, 0.15) is 0 Å². The van der Waals surface area contributed by atoms with Gasteiger partial charge in [0, 0.05) is 0 Å². The van der Waals surface area contributed by atoms with E-state index in [4.69, 9.17) is 0 Å². The van der Waals surface area contributed by atoms with Crippen molar-refractivity contribution < 1.29 is 19.8 Å². The topological polar surface area (TPSA) is 74.6 Å². The van der Waals surface area contributed by atoms with Gasteiger partial charge in [-0.15, -0.1) is 0 Å². The Morgan fingerprint density at radius 3 is 2.00 bits per heavy atom. The van der Waals surface area contributed by atoms with E-state index in [9.17, 15) is 19.8 Å². The number of carbonyl (C=O) groups is 2. The lowest BCUT2D eigenvalue weighted by molar-refractivity contribution is 0.0650. The van der Waals surface area contributed by atoms with Crippen LogP contribution >= 0.6 is 0 Å². The van der Waals surface area contributed by atoms with Crippen molar-refractivity contribution in [2.75, 3.05) is 0 Å². The minimum absolute atomic E-state index is 0.0144. The normalized spacial score (nSPS) is 10.8. The Bertz CT molecular complexity index is 549. The summed E-state index contributed by atoms with van der Waals surface area (Å²) in [6, 6.07) is 3.26. The second kappa shape index (κ2) is 10.8.